The van der Waals surface area contributed by atoms with Gasteiger partial charge in [0, 0.05) is 38.3 Å². The summed E-state index contributed by atoms with van der Waals surface area (Å²) in [6.07, 6.45) is 7.84. The smallest absolute Gasteiger partial charge is 0.220 e. The van der Waals surface area contributed by atoms with Gasteiger partial charge in [0.25, 0.3) is 0 Å². The SMILES string of the molecule is CC1(CNC(=O)CC2CC3CCC(C2)N3)CCOCC1. The molecule has 2 bridgehead atoms. The van der Waals surface area contributed by atoms with Gasteiger partial charge in [-0.25, -0.2) is 0 Å². The van der Waals surface area contributed by atoms with Crippen molar-refractivity contribution in [3.63, 3.8) is 0 Å². The van der Waals surface area contributed by atoms with Crippen LogP contribution in [-0.4, -0.2) is 37.7 Å². The minimum Gasteiger partial charge on any atom is -0.381 e. The molecule has 4 nitrogen and oxygen atoms in total. The van der Waals surface area contributed by atoms with Crippen molar-refractivity contribution in [1.82, 2.24) is 10.6 Å². The van der Waals surface area contributed by atoms with Gasteiger partial charge in [0.15, 0.2) is 0 Å². The van der Waals surface area contributed by atoms with Gasteiger partial charge in [-0.1, -0.05) is 6.92 Å². The maximum Gasteiger partial charge on any atom is 0.220 e. The van der Waals surface area contributed by atoms with Gasteiger partial charge in [-0.15, -0.1) is 0 Å². The van der Waals surface area contributed by atoms with Gasteiger partial charge in [-0.05, 0) is 49.9 Å². The first-order valence-electron chi connectivity index (χ1n) is 8.23. The summed E-state index contributed by atoms with van der Waals surface area (Å²) in [5, 5.41) is 6.81. The maximum absolute atomic E-state index is 12.2. The van der Waals surface area contributed by atoms with E-state index in [1.807, 2.05) is 0 Å². The molecule has 0 aromatic carbocycles. The summed E-state index contributed by atoms with van der Waals surface area (Å²) in [4.78, 5) is 12.2. The standard InChI is InChI=1S/C16H28N2O2/c1-16(4-6-20-7-5-16)11-17-15(19)10-12-8-13-2-3-14(9-12)18-13/h12-14,18H,2-11H2,1H3,(H,17,19). The van der Waals surface area contributed by atoms with Crippen LogP contribution in [0.4, 0.5) is 0 Å². The number of ether oxygens (including phenoxy) is 1. The van der Waals surface area contributed by atoms with Crippen molar-refractivity contribution >= 4 is 5.91 Å². The summed E-state index contributed by atoms with van der Waals surface area (Å²) in [5.74, 6) is 0.847. The van der Waals surface area contributed by atoms with E-state index >= 15 is 0 Å². The molecule has 3 aliphatic rings. The fourth-order valence-corrected chi connectivity index (χ4v) is 4.03. The highest BCUT2D eigenvalue weighted by Crippen LogP contribution is 2.33. The van der Waals surface area contributed by atoms with E-state index in [2.05, 4.69) is 17.6 Å². The Morgan fingerprint density at radius 2 is 1.90 bits per heavy atom. The van der Waals surface area contributed by atoms with Crippen LogP contribution in [0.15, 0.2) is 0 Å². The third-order valence-corrected chi connectivity index (χ3v) is 5.46. The zero-order valence-electron chi connectivity index (χ0n) is 12.6. The molecule has 3 aliphatic heterocycles. The summed E-state index contributed by atoms with van der Waals surface area (Å²) in [7, 11) is 0. The average Bonchev–Trinajstić information content (AvgIpc) is 2.77. The lowest BCUT2D eigenvalue weighted by atomic mass is 9.82. The molecule has 0 aromatic heterocycles. The van der Waals surface area contributed by atoms with Crippen molar-refractivity contribution in [3.05, 3.63) is 0 Å². The lowest BCUT2D eigenvalue weighted by molar-refractivity contribution is -0.123. The summed E-state index contributed by atoms with van der Waals surface area (Å²) < 4.78 is 5.40. The number of rotatable bonds is 4. The molecule has 2 atom stereocenters. The molecular formula is C16H28N2O2. The molecule has 3 heterocycles. The van der Waals surface area contributed by atoms with Crippen LogP contribution in [0.2, 0.25) is 0 Å². The van der Waals surface area contributed by atoms with E-state index in [1.165, 1.54) is 25.7 Å². The molecule has 0 radical (unpaired) electrons. The van der Waals surface area contributed by atoms with Crippen molar-refractivity contribution in [2.75, 3.05) is 19.8 Å². The molecular weight excluding hydrogens is 252 g/mol. The van der Waals surface area contributed by atoms with E-state index in [0.29, 0.717) is 18.0 Å². The second-order valence-electron chi connectivity index (χ2n) is 7.38. The first-order chi connectivity index (χ1) is 9.63. The van der Waals surface area contributed by atoms with Gasteiger partial charge in [0.05, 0.1) is 0 Å². The van der Waals surface area contributed by atoms with E-state index in [1.54, 1.807) is 0 Å². The number of carbonyl (C=O) groups is 1. The Bertz CT molecular complexity index is 340. The molecule has 0 aromatic rings. The van der Waals surface area contributed by atoms with Crippen LogP contribution in [0.3, 0.4) is 0 Å². The van der Waals surface area contributed by atoms with E-state index in [-0.39, 0.29) is 11.3 Å². The summed E-state index contributed by atoms with van der Waals surface area (Å²) >= 11 is 0. The minimum atomic E-state index is 0.237. The molecule has 3 rings (SSSR count). The van der Waals surface area contributed by atoms with Crippen LogP contribution in [0.1, 0.15) is 51.9 Å². The van der Waals surface area contributed by atoms with Crippen LogP contribution in [0, 0.1) is 11.3 Å². The molecule has 1 amide bonds. The topological polar surface area (TPSA) is 50.4 Å². The van der Waals surface area contributed by atoms with Crippen molar-refractivity contribution < 1.29 is 9.53 Å². The molecule has 20 heavy (non-hydrogen) atoms. The Hall–Kier alpha value is -0.610. The Morgan fingerprint density at radius 3 is 2.55 bits per heavy atom. The minimum absolute atomic E-state index is 0.237. The number of piperidine rings is 1. The highest BCUT2D eigenvalue weighted by atomic mass is 16.5. The van der Waals surface area contributed by atoms with Crippen molar-refractivity contribution in [2.24, 2.45) is 11.3 Å². The Labute approximate surface area is 122 Å². The Balaban J connectivity index is 1.41. The zero-order chi connectivity index (χ0) is 14.0. The molecule has 0 spiro atoms. The summed E-state index contributed by atoms with van der Waals surface area (Å²) in [5.41, 5.74) is 0.237. The number of hydrogen-bond acceptors (Lipinski definition) is 3. The molecule has 3 saturated heterocycles. The van der Waals surface area contributed by atoms with Crippen LogP contribution in [0.5, 0.6) is 0 Å². The van der Waals surface area contributed by atoms with Crippen LogP contribution in [0.25, 0.3) is 0 Å². The number of fused-ring (bicyclic) bond motifs is 2. The first kappa shape index (κ1) is 14.3. The lowest BCUT2D eigenvalue weighted by Crippen LogP contribution is -2.42. The van der Waals surface area contributed by atoms with Gasteiger partial charge < -0.3 is 15.4 Å². The zero-order valence-corrected chi connectivity index (χ0v) is 12.6. The second kappa shape index (κ2) is 6.02. The Morgan fingerprint density at radius 1 is 1.25 bits per heavy atom. The molecule has 3 fully saturated rings. The molecule has 4 heteroatoms. The van der Waals surface area contributed by atoms with Gasteiger partial charge in [-0.2, -0.15) is 0 Å². The number of nitrogens with one attached hydrogen (secondary N) is 2. The van der Waals surface area contributed by atoms with Crippen LogP contribution < -0.4 is 10.6 Å². The molecule has 114 valence electrons. The number of carbonyl (C=O) groups excluding carboxylic acids is 1. The maximum atomic E-state index is 12.2. The highest BCUT2D eigenvalue weighted by Gasteiger charge is 2.34. The van der Waals surface area contributed by atoms with Crippen LogP contribution in [-0.2, 0) is 9.53 Å². The average molecular weight is 280 g/mol. The van der Waals surface area contributed by atoms with Gasteiger partial charge in [0.2, 0.25) is 5.91 Å². The predicted molar refractivity (Wildman–Crippen MR) is 78.5 cm³/mol. The number of amides is 1. The monoisotopic (exact) mass is 280 g/mol. The van der Waals surface area contributed by atoms with Crippen molar-refractivity contribution in [3.8, 4) is 0 Å². The molecule has 0 saturated carbocycles. The van der Waals surface area contributed by atoms with Gasteiger partial charge >= 0.3 is 0 Å². The lowest BCUT2D eigenvalue weighted by Gasteiger charge is -2.34. The summed E-state index contributed by atoms with van der Waals surface area (Å²) in [6, 6.07) is 1.36. The third-order valence-electron chi connectivity index (χ3n) is 5.46. The Kier molecular flexibility index (Phi) is 4.32. The van der Waals surface area contributed by atoms with E-state index < -0.39 is 0 Å². The fraction of sp³-hybridized carbons (Fsp3) is 0.938. The molecule has 2 unspecified atom stereocenters. The molecule has 0 aliphatic carbocycles. The second-order valence-corrected chi connectivity index (χ2v) is 7.38. The summed E-state index contributed by atoms with van der Waals surface area (Å²) in [6.45, 7) is 4.75. The van der Waals surface area contributed by atoms with E-state index in [9.17, 15) is 4.79 Å². The first-order valence-corrected chi connectivity index (χ1v) is 8.23. The number of hydrogen-bond donors (Lipinski definition) is 2. The molecule has 2 N–H and O–H groups in total. The predicted octanol–water partition coefficient (Wildman–Crippen LogP) is 1.84. The third kappa shape index (κ3) is 3.53. The van der Waals surface area contributed by atoms with Crippen molar-refractivity contribution in [2.45, 2.75) is 64.0 Å². The van der Waals surface area contributed by atoms with Crippen molar-refractivity contribution in [1.29, 1.82) is 0 Å². The van der Waals surface area contributed by atoms with E-state index in [0.717, 1.165) is 39.0 Å². The quantitative estimate of drug-likeness (QED) is 0.826. The van der Waals surface area contributed by atoms with Gasteiger partial charge in [0.1, 0.15) is 0 Å². The van der Waals surface area contributed by atoms with Crippen LogP contribution >= 0.6 is 0 Å². The van der Waals surface area contributed by atoms with Gasteiger partial charge in [-0.3, -0.25) is 4.79 Å². The normalized spacial score (nSPS) is 35.8. The fourth-order valence-electron chi connectivity index (χ4n) is 4.03. The van der Waals surface area contributed by atoms with E-state index in [4.69, 9.17) is 4.74 Å². The highest BCUT2D eigenvalue weighted by molar-refractivity contribution is 5.76. The largest absolute Gasteiger partial charge is 0.381 e.